The Morgan fingerprint density at radius 1 is 0.655 bits per heavy atom. The van der Waals surface area contributed by atoms with Gasteiger partial charge >= 0.3 is 0 Å². The summed E-state index contributed by atoms with van der Waals surface area (Å²) in [6.07, 6.45) is -6.70. The highest BCUT2D eigenvalue weighted by molar-refractivity contribution is 5.21. The van der Waals surface area contributed by atoms with Crippen LogP contribution in [-0.4, -0.2) is 144 Å². The number of hydrogen-bond donors (Lipinski definition) is 9. The fraction of sp³-hybridized carbons (Fsp3) is 1.00. The summed E-state index contributed by atoms with van der Waals surface area (Å²) >= 11 is 0. The maximum absolute atomic E-state index is 12.3. The minimum absolute atomic E-state index is 0.00768. The molecule has 2 saturated heterocycles. The number of fused-ring (bicyclic) bond motifs is 5. The molecule has 0 aromatic rings. The smallest absolute Gasteiger partial charge is 0.186 e. The molecular formula is C42H72O13. The van der Waals surface area contributed by atoms with Crippen LogP contribution in [0.25, 0.3) is 0 Å². The Morgan fingerprint density at radius 2 is 1.33 bits per heavy atom. The minimum Gasteiger partial charge on any atom is -0.396 e. The molecule has 13 nitrogen and oxygen atoms in total. The number of aliphatic hydroxyl groups is 9. The second-order valence-corrected chi connectivity index (χ2v) is 21.2. The van der Waals surface area contributed by atoms with Gasteiger partial charge in [-0.2, -0.15) is 0 Å². The molecule has 55 heavy (non-hydrogen) atoms. The first-order valence-electron chi connectivity index (χ1n) is 21.1. The van der Waals surface area contributed by atoms with Crippen LogP contribution in [0.1, 0.15) is 113 Å². The zero-order valence-electron chi connectivity index (χ0n) is 34.3. The van der Waals surface area contributed by atoms with Crippen LogP contribution in [0, 0.1) is 51.2 Å². The molecule has 7 aliphatic rings. The summed E-state index contributed by atoms with van der Waals surface area (Å²) in [4.78, 5) is 0. The molecule has 7 fully saturated rings. The van der Waals surface area contributed by atoms with Gasteiger partial charge < -0.3 is 64.9 Å². The number of hydrogen-bond acceptors (Lipinski definition) is 13. The minimum atomic E-state index is -1.56. The first-order chi connectivity index (χ1) is 25.5. The van der Waals surface area contributed by atoms with Crippen LogP contribution in [0.5, 0.6) is 0 Å². The zero-order chi connectivity index (χ0) is 40.4. The van der Waals surface area contributed by atoms with E-state index in [1.54, 1.807) is 0 Å². The predicted octanol–water partition coefficient (Wildman–Crippen LogP) is 1.63. The molecule has 0 unspecified atom stereocenters. The third-order valence-corrected chi connectivity index (χ3v) is 17.7. The average Bonchev–Trinajstić information content (AvgIpc) is 3.49. The maximum atomic E-state index is 12.3. The van der Waals surface area contributed by atoms with Gasteiger partial charge in [0, 0.05) is 18.9 Å². The fourth-order valence-electron chi connectivity index (χ4n) is 14.6. The van der Waals surface area contributed by atoms with Crippen LogP contribution in [0.3, 0.4) is 0 Å². The van der Waals surface area contributed by atoms with Gasteiger partial charge in [-0.05, 0) is 117 Å². The number of aliphatic hydroxyl groups excluding tert-OH is 9. The molecule has 0 radical (unpaired) electrons. The molecule has 13 heteroatoms. The summed E-state index contributed by atoms with van der Waals surface area (Å²) < 4.78 is 25.7. The highest BCUT2D eigenvalue weighted by Crippen LogP contribution is 2.76. The summed E-state index contributed by atoms with van der Waals surface area (Å²) in [6, 6.07) is 0. The summed E-state index contributed by atoms with van der Waals surface area (Å²) in [5.74, 6) is -0.240. The topological polar surface area (TPSA) is 219 Å². The summed E-state index contributed by atoms with van der Waals surface area (Å²) in [5, 5.41) is 97.3. The van der Waals surface area contributed by atoms with Crippen molar-refractivity contribution >= 4 is 0 Å². The highest BCUT2D eigenvalue weighted by atomic mass is 16.7. The van der Waals surface area contributed by atoms with Crippen LogP contribution in [0.2, 0.25) is 0 Å². The van der Waals surface area contributed by atoms with Gasteiger partial charge in [0.15, 0.2) is 6.29 Å². The normalized spacial score (nSPS) is 57.7. The van der Waals surface area contributed by atoms with E-state index in [1.165, 1.54) is 0 Å². The molecule has 9 N–H and O–H groups in total. The third kappa shape index (κ3) is 6.43. The van der Waals surface area contributed by atoms with Crippen LogP contribution >= 0.6 is 0 Å². The summed E-state index contributed by atoms with van der Waals surface area (Å²) in [5.41, 5.74) is -2.29. The van der Waals surface area contributed by atoms with E-state index in [4.69, 9.17) is 18.9 Å². The first-order valence-corrected chi connectivity index (χ1v) is 21.1. The van der Waals surface area contributed by atoms with Gasteiger partial charge in [0.2, 0.25) is 0 Å². The molecule has 0 spiro atoms. The molecule has 0 bridgehead atoms. The van der Waals surface area contributed by atoms with Gasteiger partial charge in [-0.25, -0.2) is 0 Å². The molecule has 0 aromatic heterocycles. The molecule has 0 amide bonds. The van der Waals surface area contributed by atoms with E-state index in [1.807, 2.05) is 13.8 Å². The molecular weight excluding hydrogens is 712 g/mol. The van der Waals surface area contributed by atoms with Gasteiger partial charge in [0.25, 0.3) is 0 Å². The Hall–Kier alpha value is -0.520. The van der Waals surface area contributed by atoms with Crippen molar-refractivity contribution in [3.05, 3.63) is 0 Å². The van der Waals surface area contributed by atoms with Crippen LogP contribution in [0.15, 0.2) is 0 Å². The third-order valence-electron chi connectivity index (χ3n) is 17.7. The molecule has 0 aromatic carbocycles. The van der Waals surface area contributed by atoms with Crippen molar-refractivity contribution in [3.63, 3.8) is 0 Å². The van der Waals surface area contributed by atoms with Gasteiger partial charge in [0.05, 0.1) is 48.3 Å². The Balaban J connectivity index is 1.10. The lowest BCUT2D eigenvalue weighted by Crippen LogP contribution is -2.68. The Kier molecular flexibility index (Phi) is 11.1. The van der Waals surface area contributed by atoms with E-state index in [9.17, 15) is 46.0 Å². The fourth-order valence-corrected chi connectivity index (χ4v) is 14.6. The van der Waals surface area contributed by atoms with E-state index in [-0.39, 0.29) is 64.5 Å². The van der Waals surface area contributed by atoms with Crippen molar-refractivity contribution in [1.29, 1.82) is 0 Å². The van der Waals surface area contributed by atoms with E-state index in [0.717, 1.165) is 32.1 Å². The van der Waals surface area contributed by atoms with Crippen molar-refractivity contribution in [2.24, 2.45) is 51.2 Å². The highest BCUT2D eigenvalue weighted by Gasteiger charge is 2.72. The quantitative estimate of drug-likeness (QED) is 0.175. The lowest BCUT2D eigenvalue weighted by molar-refractivity contribution is -0.331. The van der Waals surface area contributed by atoms with Gasteiger partial charge in [0.1, 0.15) is 36.6 Å². The van der Waals surface area contributed by atoms with Crippen molar-refractivity contribution in [3.8, 4) is 0 Å². The second-order valence-electron chi connectivity index (χ2n) is 21.2. The van der Waals surface area contributed by atoms with E-state index in [0.29, 0.717) is 19.3 Å². The standard InChI is InChI=1S/C42H72O13/c1-37(2)26-10-14-40(6)27(16-22(44)29-21(9-13-41(29,40)7)42(8)17-23(45)35(51)38(3,4)55-42)39(26,5)12-11-28(37)54-36-34(31(48)24(46)19-52-36)53-25-15-20(18-43)30(47)33(50)32(25)49/h20-36,43-51H,9-19H2,1-8H3/t20-,21+,22-,23+,24-,25-,26-,27-,28+,29+,30-,31+,32+,33+,34-,35-,36+,39+,40-,41-,42+/m1/s1. The Morgan fingerprint density at radius 3 is 1.98 bits per heavy atom. The van der Waals surface area contributed by atoms with E-state index < -0.39 is 91.1 Å². The van der Waals surface area contributed by atoms with Crippen molar-refractivity contribution < 1.29 is 64.9 Å². The number of rotatable bonds is 6. The molecule has 2 aliphatic heterocycles. The molecule has 7 rings (SSSR count). The molecule has 5 aliphatic carbocycles. The summed E-state index contributed by atoms with van der Waals surface area (Å²) in [7, 11) is 0. The first kappa shape index (κ1) is 42.6. The molecule has 2 heterocycles. The van der Waals surface area contributed by atoms with E-state index >= 15 is 0 Å². The second kappa shape index (κ2) is 14.3. The summed E-state index contributed by atoms with van der Waals surface area (Å²) in [6.45, 7) is 16.9. The van der Waals surface area contributed by atoms with Gasteiger partial charge in [-0.3, -0.25) is 0 Å². The van der Waals surface area contributed by atoms with Gasteiger partial charge in [-0.15, -0.1) is 0 Å². The zero-order valence-corrected chi connectivity index (χ0v) is 34.3. The molecule has 21 atom stereocenters. The molecule has 318 valence electrons. The van der Waals surface area contributed by atoms with Gasteiger partial charge in [-0.1, -0.05) is 34.6 Å². The Bertz CT molecular complexity index is 1390. The van der Waals surface area contributed by atoms with Crippen molar-refractivity contribution in [2.45, 2.75) is 198 Å². The lowest BCUT2D eigenvalue weighted by Gasteiger charge is -2.71. The lowest BCUT2D eigenvalue weighted by atomic mass is 9.35. The van der Waals surface area contributed by atoms with Crippen LogP contribution in [0.4, 0.5) is 0 Å². The van der Waals surface area contributed by atoms with E-state index in [2.05, 4.69) is 41.5 Å². The monoisotopic (exact) mass is 784 g/mol. The SMILES string of the molecule is CC1(C)O[C@](C)([C@H]2CC[C@]3(C)[C@@H]2[C@H](O)C[C@@H]2[C@@]4(C)CC[C@H](O[C@@H]5OC[C@@H](O)[C@H](O)[C@H]5O[C@@H]5C[C@H](CO)[C@@H](O)[C@H](O)[C@H]5O)C(C)(C)[C@H]4CC[C@]23C)C[C@H](O)[C@H]1O. The Labute approximate surface area is 326 Å². The van der Waals surface area contributed by atoms with Crippen LogP contribution < -0.4 is 0 Å². The van der Waals surface area contributed by atoms with Crippen molar-refractivity contribution in [2.75, 3.05) is 13.2 Å². The predicted molar refractivity (Wildman–Crippen MR) is 199 cm³/mol. The van der Waals surface area contributed by atoms with Crippen molar-refractivity contribution in [1.82, 2.24) is 0 Å². The number of ether oxygens (including phenoxy) is 4. The van der Waals surface area contributed by atoms with Crippen LogP contribution in [-0.2, 0) is 18.9 Å². The molecule has 5 saturated carbocycles. The maximum Gasteiger partial charge on any atom is 0.186 e. The average molecular weight is 785 g/mol. The largest absolute Gasteiger partial charge is 0.396 e.